The first-order chi connectivity index (χ1) is 13.3. The zero-order chi connectivity index (χ0) is 19.9. The number of anilines is 1. The lowest BCUT2D eigenvalue weighted by Gasteiger charge is -2.33. The van der Waals surface area contributed by atoms with Crippen LogP contribution in [0.15, 0.2) is 42.5 Å². The lowest BCUT2D eigenvalue weighted by molar-refractivity contribution is 0.0844. The van der Waals surface area contributed by atoms with Crippen LogP contribution >= 0.6 is 0 Å². The number of benzene rings is 2. The van der Waals surface area contributed by atoms with Gasteiger partial charge in [0.05, 0.1) is 18.5 Å². The van der Waals surface area contributed by atoms with Crippen LogP contribution in [0.1, 0.15) is 25.8 Å². The highest BCUT2D eigenvalue weighted by Gasteiger charge is 2.28. The molecule has 0 atom stereocenters. The van der Waals surface area contributed by atoms with Gasteiger partial charge >= 0.3 is 0 Å². The molecule has 0 saturated carbocycles. The summed E-state index contributed by atoms with van der Waals surface area (Å²) in [5.41, 5.74) is 9.73. The molecule has 4 rings (SSSR count). The van der Waals surface area contributed by atoms with Gasteiger partial charge < -0.3 is 15.2 Å². The molecule has 1 aliphatic rings. The molecule has 0 aliphatic carbocycles. The van der Waals surface area contributed by atoms with E-state index in [1.165, 1.54) is 12.1 Å². The van der Waals surface area contributed by atoms with E-state index < -0.39 is 0 Å². The molecule has 0 radical (unpaired) electrons. The Morgan fingerprint density at radius 2 is 1.79 bits per heavy atom. The second-order valence-corrected chi connectivity index (χ2v) is 7.53. The zero-order valence-corrected chi connectivity index (χ0v) is 16.1. The van der Waals surface area contributed by atoms with Crippen LogP contribution in [0.3, 0.4) is 0 Å². The lowest BCUT2D eigenvalue weighted by Crippen LogP contribution is -2.32. The van der Waals surface area contributed by atoms with Crippen molar-refractivity contribution in [3.8, 4) is 34.0 Å². The molecule has 3 aromatic rings. The van der Waals surface area contributed by atoms with E-state index in [0.717, 1.165) is 35.3 Å². The Balaban J connectivity index is 1.82. The molecule has 0 bridgehead atoms. The predicted molar refractivity (Wildman–Crippen MR) is 107 cm³/mol. The third-order valence-electron chi connectivity index (χ3n) is 4.92. The molecule has 0 spiro atoms. The summed E-state index contributed by atoms with van der Waals surface area (Å²) in [6, 6.07) is 11.9. The summed E-state index contributed by atoms with van der Waals surface area (Å²) in [4.78, 5) is 8.71. The molecular formula is C22H22FN3O2. The quantitative estimate of drug-likeness (QED) is 0.718. The fourth-order valence-electron chi connectivity index (χ4n) is 3.42. The number of hydrogen-bond acceptors (Lipinski definition) is 5. The van der Waals surface area contributed by atoms with Crippen LogP contribution in [0.25, 0.3) is 22.5 Å². The van der Waals surface area contributed by atoms with Crippen molar-refractivity contribution in [2.45, 2.75) is 32.3 Å². The molecule has 144 valence electrons. The van der Waals surface area contributed by atoms with E-state index in [0.29, 0.717) is 17.1 Å². The van der Waals surface area contributed by atoms with E-state index in [9.17, 15) is 4.39 Å². The van der Waals surface area contributed by atoms with Gasteiger partial charge in [0.2, 0.25) is 5.95 Å². The third kappa shape index (κ3) is 3.50. The van der Waals surface area contributed by atoms with Crippen molar-refractivity contribution in [3.63, 3.8) is 0 Å². The largest absolute Gasteiger partial charge is 0.496 e. The number of hydrogen-bond donors (Lipinski definition) is 1. The average molecular weight is 379 g/mol. The number of methoxy groups -OCH3 is 1. The van der Waals surface area contributed by atoms with Gasteiger partial charge in [-0.1, -0.05) is 0 Å². The highest BCUT2D eigenvalue weighted by atomic mass is 19.1. The van der Waals surface area contributed by atoms with Crippen molar-refractivity contribution in [2.75, 3.05) is 12.8 Å². The summed E-state index contributed by atoms with van der Waals surface area (Å²) < 4.78 is 25.0. The van der Waals surface area contributed by atoms with Gasteiger partial charge in [0, 0.05) is 17.2 Å². The second-order valence-electron chi connectivity index (χ2n) is 7.53. The van der Waals surface area contributed by atoms with Gasteiger partial charge in [-0.25, -0.2) is 14.4 Å². The Morgan fingerprint density at radius 1 is 1.07 bits per heavy atom. The minimum Gasteiger partial charge on any atom is -0.496 e. The minimum absolute atomic E-state index is 0.147. The van der Waals surface area contributed by atoms with Crippen molar-refractivity contribution < 1.29 is 13.9 Å². The van der Waals surface area contributed by atoms with Crippen molar-refractivity contribution in [1.82, 2.24) is 9.97 Å². The van der Waals surface area contributed by atoms with Gasteiger partial charge in [-0.3, -0.25) is 0 Å². The van der Waals surface area contributed by atoms with E-state index >= 15 is 0 Å². The van der Waals surface area contributed by atoms with Gasteiger partial charge in [0.25, 0.3) is 0 Å². The second kappa shape index (κ2) is 6.78. The average Bonchev–Trinajstić information content (AvgIpc) is 2.66. The molecule has 1 aromatic heterocycles. The molecule has 0 amide bonds. The first kappa shape index (κ1) is 18.2. The lowest BCUT2D eigenvalue weighted by atomic mass is 9.92. The molecule has 0 unspecified atom stereocenters. The van der Waals surface area contributed by atoms with Crippen molar-refractivity contribution in [2.24, 2.45) is 0 Å². The molecule has 28 heavy (non-hydrogen) atoms. The van der Waals surface area contributed by atoms with Gasteiger partial charge in [0.1, 0.15) is 22.9 Å². The van der Waals surface area contributed by atoms with Gasteiger partial charge in [-0.05, 0) is 68.7 Å². The number of nitrogen functional groups attached to an aromatic ring is 1. The predicted octanol–water partition coefficient (Wildman–Crippen LogP) is 4.64. The van der Waals surface area contributed by atoms with E-state index in [4.69, 9.17) is 15.2 Å². The Morgan fingerprint density at radius 3 is 2.50 bits per heavy atom. The standard InChI is InChI=1S/C22H22FN3O2/c1-22(2)9-8-14-10-16(20(27-3)12-19(14)28-22)18-11-17(25-21(24)26-18)13-4-6-15(23)7-5-13/h4-7,10-12H,8-9H2,1-3H3,(H2,24,25,26). The van der Waals surface area contributed by atoms with Crippen LogP contribution in [0.4, 0.5) is 10.3 Å². The molecule has 2 heterocycles. The summed E-state index contributed by atoms with van der Waals surface area (Å²) in [5.74, 6) is 1.33. The monoisotopic (exact) mass is 379 g/mol. The molecule has 2 aromatic carbocycles. The number of nitrogens with zero attached hydrogens (tertiary/aromatic N) is 2. The normalized spacial score (nSPS) is 14.9. The maximum absolute atomic E-state index is 13.3. The summed E-state index contributed by atoms with van der Waals surface area (Å²) >= 11 is 0. The third-order valence-corrected chi connectivity index (χ3v) is 4.92. The van der Waals surface area contributed by atoms with Gasteiger partial charge in [-0.15, -0.1) is 0 Å². The number of nitrogens with two attached hydrogens (primary N) is 1. The van der Waals surface area contributed by atoms with Crippen molar-refractivity contribution >= 4 is 5.95 Å². The topological polar surface area (TPSA) is 70.3 Å². The smallest absolute Gasteiger partial charge is 0.221 e. The van der Waals surface area contributed by atoms with Crippen LogP contribution < -0.4 is 15.2 Å². The number of rotatable bonds is 3. The molecular weight excluding hydrogens is 357 g/mol. The molecule has 2 N–H and O–H groups in total. The van der Waals surface area contributed by atoms with E-state index in [-0.39, 0.29) is 17.4 Å². The fraction of sp³-hybridized carbons (Fsp3) is 0.273. The Labute approximate surface area is 163 Å². The first-order valence-electron chi connectivity index (χ1n) is 9.15. The highest BCUT2D eigenvalue weighted by molar-refractivity contribution is 5.75. The first-order valence-corrected chi connectivity index (χ1v) is 9.15. The van der Waals surface area contributed by atoms with E-state index in [2.05, 4.69) is 23.8 Å². The number of halogens is 1. The van der Waals surface area contributed by atoms with Gasteiger partial charge in [0.15, 0.2) is 0 Å². The number of aromatic nitrogens is 2. The molecule has 0 fully saturated rings. The molecule has 0 saturated heterocycles. The summed E-state index contributed by atoms with van der Waals surface area (Å²) in [6.45, 7) is 4.16. The summed E-state index contributed by atoms with van der Waals surface area (Å²) in [6.07, 6.45) is 1.84. The zero-order valence-electron chi connectivity index (χ0n) is 16.1. The maximum Gasteiger partial charge on any atom is 0.221 e. The molecule has 5 nitrogen and oxygen atoms in total. The van der Waals surface area contributed by atoms with E-state index in [1.807, 2.05) is 18.2 Å². The van der Waals surface area contributed by atoms with Crippen LogP contribution in [-0.4, -0.2) is 22.7 Å². The SMILES string of the molecule is COc1cc2c(cc1-c1cc(-c3ccc(F)cc3)nc(N)n1)CCC(C)(C)O2. The highest BCUT2D eigenvalue weighted by Crippen LogP contribution is 2.41. The molecule has 6 heteroatoms. The summed E-state index contributed by atoms with van der Waals surface area (Å²) in [7, 11) is 1.62. The van der Waals surface area contributed by atoms with Crippen molar-refractivity contribution in [3.05, 3.63) is 53.8 Å². The Kier molecular flexibility index (Phi) is 4.41. The maximum atomic E-state index is 13.3. The van der Waals surface area contributed by atoms with E-state index in [1.54, 1.807) is 19.2 Å². The van der Waals surface area contributed by atoms with Crippen LogP contribution in [0.5, 0.6) is 11.5 Å². The Bertz CT molecular complexity index is 1030. The minimum atomic E-state index is -0.301. The van der Waals surface area contributed by atoms with Gasteiger partial charge in [-0.2, -0.15) is 0 Å². The van der Waals surface area contributed by atoms with Crippen LogP contribution in [-0.2, 0) is 6.42 Å². The van der Waals surface area contributed by atoms with Crippen LogP contribution in [0, 0.1) is 5.82 Å². The summed E-state index contributed by atoms with van der Waals surface area (Å²) in [5, 5.41) is 0. The fourth-order valence-corrected chi connectivity index (χ4v) is 3.42. The number of fused-ring (bicyclic) bond motifs is 1. The Hall–Kier alpha value is -3.15. The number of ether oxygens (including phenoxy) is 2. The van der Waals surface area contributed by atoms with Crippen molar-refractivity contribution in [1.29, 1.82) is 0 Å². The molecule has 1 aliphatic heterocycles. The number of aryl methyl sites for hydroxylation is 1. The van der Waals surface area contributed by atoms with Crippen LogP contribution in [0.2, 0.25) is 0 Å².